The molecule has 2 N–H and O–H groups in total. The number of amides is 2. The normalized spacial score (nSPS) is 10.2. The van der Waals surface area contributed by atoms with E-state index in [9.17, 15) is 19.7 Å². The molecule has 0 fully saturated rings. The summed E-state index contributed by atoms with van der Waals surface area (Å²) in [4.78, 5) is 34.4. The van der Waals surface area contributed by atoms with Crippen molar-refractivity contribution in [3.05, 3.63) is 76.8 Å². The Morgan fingerprint density at radius 2 is 1.44 bits per heavy atom. The predicted molar refractivity (Wildman–Crippen MR) is 94.3 cm³/mol. The molecular weight excluding hydrogens is 322 g/mol. The second kappa shape index (κ2) is 6.79. The van der Waals surface area contributed by atoms with Crippen molar-refractivity contribution in [1.29, 1.82) is 0 Å². The number of nitro groups is 1. The Balaban J connectivity index is 1.74. The molecule has 2 amide bonds. The second-order valence-corrected chi connectivity index (χ2v) is 5.24. The van der Waals surface area contributed by atoms with Gasteiger partial charge in [0.25, 0.3) is 5.69 Å². The number of para-hydroxylation sites is 2. The molecule has 25 heavy (non-hydrogen) atoms. The number of nitro benzene ring substituents is 1. The maximum absolute atomic E-state index is 12.0. The molecule has 0 bridgehead atoms. The number of carbonyl (C=O) groups excluding carboxylic acids is 2. The summed E-state index contributed by atoms with van der Waals surface area (Å²) in [6, 6.07) is 18.5. The molecule has 0 saturated heterocycles. The maximum atomic E-state index is 12.0. The third-order valence-corrected chi connectivity index (χ3v) is 3.56. The molecule has 0 aromatic heterocycles. The third kappa shape index (κ3) is 3.61. The summed E-state index contributed by atoms with van der Waals surface area (Å²) < 4.78 is 0. The Kier molecular flexibility index (Phi) is 4.38. The van der Waals surface area contributed by atoms with Gasteiger partial charge in [-0.05, 0) is 29.0 Å². The van der Waals surface area contributed by atoms with E-state index in [0.717, 1.165) is 10.8 Å². The Hall–Kier alpha value is -3.74. The summed E-state index contributed by atoms with van der Waals surface area (Å²) in [7, 11) is 0. The number of fused-ring (bicyclic) bond motifs is 1. The van der Waals surface area contributed by atoms with Gasteiger partial charge in [-0.1, -0.05) is 42.5 Å². The van der Waals surface area contributed by atoms with Crippen molar-refractivity contribution in [1.82, 2.24) is 0 Å². The smallest absolute Gasteiger partial charge is 0.314 e. The quantitative estimate of drug-likeness (QED) is 0.435. The van der Waals surface area contributed by atoms with Crippen LogP contribution >= 0.6 is 0 Å². The number of hydrogen-bond donors (Lipinski definition) is 2. The van der Waals surface area contributed by atoms with Gasteiger partial charge in [0.05, 0.1) is 4.92 Å². The van der Waals surface area contributed by atoms with Crippen LogP contribution in [0.15, 0.2) is 66.7 Å². The van der Waals surface area contributed by atoms with Gasteiger partial charge in [0, 0.05) is 11.8 Å². The molecule has 124 valence electrons. The fourth-order valence-corrected chi connectivity index (χ4v) is 2.37. The highest BCUT2D eigenvalue weighted by Gasteiger charge is 2.19. The van der Waals surface area contributed by atoms with Gasteiger partial charge in [0.15, 0.2) is 0 Å². The second-order valence-electron chi connectivity index (χ2n) is 5.24. The van der Waals surface area contributed by atoms with Crippen molar-refractivity contribution < 1.29 is 14.5 Å². The van der Waals surface area contributed by atoms with Gasteiger partial charge in [-0.15, -0.1) is 0 Å². The lowest BCUT2D eigenvalue weighted by molar-refractivity contribution is -0.383. The average molecular weight is 335 g/mol. The molecule has 0 unspecified atom stereocenters. The minimum Gasteiger partial charge on any atom is -0.318 e. The molecule has 0 atom stereocenters. The lowest BCUT2D eigenvalue weighted by Gasteiger charge is -2.08. The molecular formula is C18H13N3O4. The summed E-state index contributed by atoms with van der Waals surface area (Å²) in [5.74, 6) is -1.89. The number of carbonyl (C=O) groups is 2. The van der Waals surface area contributed by atoms with Crippen molar-refractivity contribution in [2.45, 2.75) is 0 Å². The van der Waals surface area contributed by atoms with E-state index in [0.29, 0.717) is 5.69 Å². The van der Waals surface area contributed by atoms with Gasteiger partial charge in [0.2, 0.25) is 0 Å². The van der Waals surface area contributed by atoms with Crippen LogP contribution in [-0.2, 0) is 9.59 Å². The van der Waals surface area contributed by atoms with Crippen molar-refractivity contribution >= 4 is 39.6 Å². The lowest BCUT2D eigenvalue weighted by atomic mass is 10.1. The molecule has 0 saturated carbocycles. The Morgan fingerprint density at radius 3 is 2.20 bits per heavy atom. The fourth-order valence-electron chi connectivity index (χ4n) is 2.37. The molecule has 7 nitrogen and oxygen atoms in total. The van der Waals surface area contributed by atoms with Gasteiger partial charge in [0.1, 0.15) is 5.69 Å². The number of anilines is 2. The molecule has 0 aliphatic rings. The minimum atomic E-state index is -0.984. The molecule has 3 aromatic carbocycles. The Morgan fingerprint density at radius 1 is 0.800 bits per heavy atom. The average Bonchev–Trinajstić information content (AvgIpc) is 2.61. The molecule has 0 aliphatic carbocycles. The third-order valence-electron chi connectivity index (χ3n) is 3.56. The highest BCUT2D eigenvalue weighted by molar-refractivity contribution is 6.43. The predicted octanol–water partition coefficient (Wildman–Crippen LogP) is 3.33. The van der Waals surface area contributed by atoms with Crippen LogP contribution in [0.5, 0.6) is 0 Å². The van der Waals surface area contributed by atoms with Crippen LogP contribution < -0.4 is 10.6 Å². The number of nitrogens with zero attached hydrogens (tertiary/aromatic N) is 1. The molecule has 0 spiro atoms. The summed E-state index contributed by atoms with van der Waals surface area (Å²) in [6.45, 7) is 0. The van der Waals surface area contributed by atoms with E-state index in [-0.39, 0.29) is 11.4 Å². The van der Waals surface area contributed by atoms with Gasteiger partial charge >= 0.3 is 11.8 Å². The minimum absolute atomic E-state index is 0.0360. The van der Waals surface area contributed by atoms with Crippen LogP contribution in [0, 0.1) is 10.1 Å². The lowest BCUT2D eigenvalue weighted by Crippen LogP contribution is -2.29. The maximum Gasteiger partial charge on any atom is 0.314 e. The zero-order chi connectivity index (χ0) is 17.8. The van der Waals surface area contributed by atoms with Crippen LogP contribution in [0.4, 0.5) is 17.1 Å². The first-order valence-electron chi connectivity index (χ1n) is 7.39. The summed E-state index contributed by atoms with van der Waals surface area (Å²) >= 11 is 0. The van der Waals surface area contributed by atoms with Gasteiger partial charge in [-0.3, -0.25) is 19.7 Å². The van der Waals surface area contributed by atoms with E-state index in [1.807, 2.05) is 30.3 Å². The van der Waals surface area contributed by atoms with Crippen LogP contribution in [0.1, 0.15) is 0 Å². The van der Waals surface area contributed by atoms with Crippen molar-refractivity contribution in [2.24, 2.45) is 0 Å². The molecule has 3 aromatic rings. The summed E-state index contributed by atoms with van der Waals surface area (Å²) in [5, 5.41) is 17.6. The van der Waals surface area contributed by atoms with Crippen LogP contribution in [-0.4, -0.2) is 16.7 Å². The largest absolute Gasteiger partial charge is 0.318 e. The zero-order valence-electron chi connectivity index (χ0n) is 12.9. The molecule has 0 radical (unpaired) electrons. The first kappa shape index (κ1) is 16.1. The first-order valence-corrected chi connectivity index (χ1v) is 7.39. The zero-order valence-corrected chi connectivity index (χ0v) is 12.9. The van der Waals surface area contributed by atoms with Crippen LogP contribution in [0.2, 0.25) is 0 Å². The van der Waals surface area contributed by atoms with E-state index in [4.69, 9.17) is 0 Å². The van der Waals surface area contributed by atoms with E-state index in [1.165, 1.54) is 24.3 Å². The number of benzene rings is 3. The standard InChI is InChI=1S/C18H13N3O4/c22-17(18(23)20-15-7-3-4-8-16(15)21(24)25)19-14-10-9-12-5-1-2-6-13(12)11-14/h1-11H,(H,19,22)(H,20,23). The van der Waals surface area contributed by atoms with E-state index in [1.54, 1.807) is 12.1 Å². The topological polar surface area (TPSA) is 101 Å². The monoisotopic (exact) mass is 335 g/mol. The van der Waals surface area contributed by atoms with Crippen molar-refractivity contribution in [2.75, 3.05) is 10.6 Å². The SMILES string of the molecule is O=C(Nc1ccc2ccccc2c1)C(=O)Nc1ccccc1[N+](=O)[O-]. The Labute approximate surface area is 142 Å². The molecule has 0 aliphatic heterocycles. The van der Waals surface area contributed by atoms with Crippen molar-refractivity contribution in [3.8, 4) is 0 Å². The summed E-state index contributed by atoms with van der Waals surface area (Å²) in [5.41, 5.74) is 0.141. The van der Waals surface area contributed by atoms with E-state index >= 15 is 0 Å². The fraction of sp³-hybridized carbons (Fsp3) is 0. The number of hydrogen-bond acceptors (Lipinski definition) is 4. The van der Waals surface area contributed by atoms with Crippen LogP contribution in [0.3, 0.4) is 0 Å². The van der Waals surface area contributed by atoms with Crippen molar-refractivity contribution in [3.63, 3.8) is 0 Å². The number of rotatable bonds is 3. The van der Waals surface area contributed by atoms with Crippen LogP contribution in [0.25, 0.3) is 10.8 Å². The summed E-state index contributed by atoms with van der Waals surface area (Å²) in [6.07, 6.45) is 0. The molecule has 3 rings (SSSR count). The highest BCUT2D eigenvalue weighted by Crippen LogP contribution is 2.23. The molecule has 7 heteroatoms. The van der Waals surface area contributed by atoms with Gasteiger partial charge in [-0.2, -0.15) is 0 Å². The molecule has 0 heterocycles. The van der Waals surface area contributed by atoms with Gasteiger partial charge in [-0.25, -0.2) is 0 Å². The Bertz CT molecular complexity index is 985. The van der Waals surface area contributed by atoms with Gasteiger partial charge < -0.3 is 10.6 Å². The van der Waals surface area contributed by atoms with E-state index in [2.05, 4.69) is 10.6 Å². The van der Waals surface area contributed by atoms with E-state index < -0.39 is 16.7 Å². The number of nitrogens with one attached hydrogen (secondary N) is 2. The highest BCUT2D eigenvalue weighted by atomic mass is 16.6. The first-order chi connectivity index (χ1) is 12.0.